The Labute approximate surface area is 161 Å². The number of nitrogens with one attached hydrogen (secondary N) is 3. The Morgan fingerprint density at radius 2 is 2.07 bits per heavy atom. The Hall–Kier alpha value is -2.32. The van der Waals surface area contributed by atoms with Crippen molar-refractivity contribution in [3.05, 3.63) is 47.0 Å². The van der Waals surface area contributed by atoms with Crippen molar-refractivity contribution in [2.75, 3.05) is 6.54 Å². The average Bonchev–Trinajstić information content (AvgIpc) is 3.46. The topological polar surface area (TPSA) is 79.5 Å². The van der Waals surface area contributed by atoms with Crippen LogP contribution in [0.25, 0.3) is 0 Å². The van der Waals surface area contributed by atoms with Crippen LogP contribution >= 0.6 is 0 Å². The highest BCUT2D eigenvalue weighted by Gasteiger charge is 2.40. The molecule has 3 atom stereocenters. The number of hydrogen-bond donors (Lipinski definition) is 3. The number of fused-ring (bicyclic) bond motifs is 1. The van der Waals surface area contributed by atoms with Gasteiger partial charge in [-0.1, -0.05) is 12.1 Å². The fourth-order valence-electron chi connectivity index (χ4n) is 3.65. The second kappa shape index (κ2) is 7.97. The molecule has 0 bridgehead atoms. The number of hydrogen-bond acceptors (Lipinski definition) is 4. The minimum atomic E-state index is -0.717. The number of ether oxygens (including phenoxy) is 1. The summed E-state index contributed by atoms with van der Waals surface area (Å²) >= 11 is 0. The SMILES string of the molecule is O=C(CC1=CC2C(CCNC2OC2CC2)NC1=O)NCc1ccc(F)cc1F. The summed E-state index contributed by atoms with van der Waals surface area (Å²) in [5.74, 6) is -2.06. The zero-order valence-corrected chi connectivity index (χ0v) is 15.3. The molecular formula is C20H23F2N3O3. The molecule has 2 heterocycles. The second-order valence-electron chi connectivity index (χ2n) is 7.54. The lowest BCUT2D eigenvalue weighted by Gasteiger charge is -2.40. The summed E-state index contributed by atoms with van der Waals surface area (Å²) < 4.78 is 32.6. The third-order valence-electron chi connectivity index (χ3n) is 5.32. The molecule has 0 radical (unpaired) electrons. The van der Waals surface area contributed by atoms with Gasteiger partial charge in [0.05, 0.1) is 12.5 Å². The summed E-state index contributed by atoms with van der Waals surface area (Å²) in [5.41, 5.74) is 0.567. The number of halogens is 2. The highest BCUT2D eigenvalue weighted by Crippen LogP contribution is 2.32. The van der Waals surface area contributed by atoms with Gasteiger partial charge in [0.2, 0.25) is 11.8 Å². The molecule has 28 heavy (non-hydrogen) atoms. The van der Waals surface area contributed by atoms with Gasteiger partial charge in [-0.15, -0.1) is 0 Å². The molecule has 3 N–H and O–H groups in total. The maximum absolute atomic E-state index is 13.7. The van der Waals surface area contributed by atoms with Gasteiger partial charge in [-0.3, -0.25) is 14.9 Å². The number of carbonyl (C=O) groups is 2. The van der Waals surface area contributed by atoms with Crippen LogP contribution in [0.15, 0.2) is 29.8 Å². The van der Waals surface area contributed by atoms with Crippen molar-refractivity contribution in [1.29, 1.82) is 0 Å². The molecule has 3 unspecified atom stereocenters. The molecule has 1 aliphatic carbocycles. The molecule has 1 aromatic carbocycles. The van der Waals surface area contributed by atoms with E-state index in [1.54, 1.807) is 0 Å². The third kappa shape index (κ3) is 4.39. The van der Waals surface area contributed by atoms with Crippen molar-refractivity contribution in [3.8, 4) is 0 Å². The average molecular weight is 391 g/mol. The van der Waals surface area contributed by atoms with Gasteiger partial charge in [0.25, 0.3) is 0 Å². The van der Waals surface area contributed by atoms with E-state index in [4.69, 9.17) is 4.74 Å². The van der Waals surface area contributed by atoms with Gasteiger partial charge in [-0.2, -0.15) is 0 Å². The Bertz CT molecular complexity index is 810. The Morgan fingerprint density at radius 1 is 1.25 bits per heavy atom. The molecule has 1 saturated heterocycles. The van der Waals surface area contributed by atoms with Gasteiger partial charge in [0.1, 0.15) is 17.9 Å². The van der Waals surface area contributed by atoms with Crippen LogP contribution in [0.2, 0.25) is 0 Å². The van der Waals surface area contributed by atoms with Gasteiger partial charge in [0.15, 0.2) is 0 Å². The fourth-order valence-corrected chi connectivity index (χ4v) is 3.65. The van der Waals surface area contributed by atoms with Crippen LogP contribution in [0.3, 0.4) is 0 Å². The molecule has 1 aromatic rings. The standard InChI is InChI=1S/C20H23F2N3O3/c21-13-2-1-11(16(22)9-13)10-24-18(26)8-12-7-15-17(25-19(12)27)5-6-23-20(15)28-14-3-4-14/h1-2,7,9,14-15,17,20,23H,3-6,8,10H2,(H,24,26)(H,25,27). The molecule has 2 fully saturated rings. The van der Waals surface area contributed by atoms with Crippen LogP contribution in [0, 0.1) is 17.6 Å². The lowest BCUT2D eigenvalue weighted by atomic mass is 9.85. The Kier molecular flexibility index (Phi) is 5.41. The Balaban J connectivity index is 1.38. The van der Waals surface area contributed by atoms with Crippen LogP contribution in [0.4, 0.5) is 8.78 Å². The monoisotopic (exact) mass is 391 g/mol. The Morgan fingerprint density at radius 3 is 2.82 bits per heavy atom. The van der Waals surface area contributed by atoms with Crippen molar-refractivity contribution in [2.24, 2.45) is 5.92 Å². The molecule has 1 saturated carbocycles. The number of carbonyl (C=O) groups excluding carboxylic acids is 2. The van der Waals surface area contributed by atoms with Crippen molar-refractivity contribution >= 4 is 11.8 Å². The highest BCUT2D eigenvalue weighted by molar-refractivity contribution is 5.99. The van der Waals surface area contributed by atoms with Gasteiger partial charge >= 0.3 is 0 Å². The van der Waals surface area contributed by atoms with E-state index in [0.717, 1.165) is 37.9 Å². The normalized spacial score (nSPS) is 26.9. The van der Waals surface area contributed by atoms with Crippen LogP contribution in [-0.4, -0.2) is 36.7 Å². The zero-order chi connectivity index (χ0) is 19.7. The molecule has 150 valence electrons. The fraction of sp³-hybridized carbons (Fsp3) is 0.500. The van der Waals surface area contributed by atoms with Crippen LogP contribution in [0.1, 0.15) is 31.2 Å². The quantitative estimate of drug-likeness (QED) is 0.687. The molecule has 2 aliphatic heterocycles. The molecule has 8 heteroatoms. The number of piperidine rings is 1. The first-order valence-electron chi connectivity index (χ1n) is 9.60. The maximum Gasteiger partial charge on any atom is 0.247 e. The van der Waals surface area contributed by atoms with Crippen LogP contribution < -0.4 is 16.0 Å². The van der Waals surface area contributed by atoms with E-state index in [1.807, 2.05) is 6.08 Å². The first-order valence-corrected chi connectivity index (χ1v) is 9.60. The predicted molar refractivity (Wildman–Crippen MR) is 96.8 cm³/mol. The van der Waals surface area contributed by atoms with Crippen molar-refractivity contribution < 1.29 is 23.1 Å². The largest absolute Gasteiger partial charge is 0.359 e. The lowest BCUT2D eigenvalue weighted by molar-refractivity contribution is -0.125. The number of benzene rings is 1. The summed E-state index contributed by atoms with van der Waals surface area (Å²) in [6, 6.07) is 3.19. The summed E-state index contributed by atoms with van der Waals surface area (Å²) in [5, 5.41) is 8.91. The van der Waals surface area contributed by atoms with Crippen molar-refractivity contribution in [3.63, 3.8) is 0 Å². The molecule has 0 spiro atoms. The van der Waals surface area contributed by atoms with E-state index < -0.39 is 17.5 Å². The first-order chi connectivity index (χ1) is 13.5. The second-order valence-corrected chi connectivity index (χ2v) is 7.54. The predicted octanol–water partition coefficient (Wildman–Crippen LogP) is 1.51. The van der Waals surface area contributed by atoms with Crippen molar-refractivity contribution in [2.45, 2.75) is 50.6 Å². The smallest absolute Gasteiger partial charge is 0.247 e. The lowest BCUT2D eigenvalue weighted by Crippen LogP contribution is -2.58. The highest BCUT2D eigenvalue weighted by atomic mass is 19.1. The molecule has 0 aromatic heterocycles. The maximum atomic E-state index is 13.7. The molecule has 3 aliphatic rings. The summed E-state index contributed by atoms with van der Waals surface area (Å²) in [7, 11) is 0. The van der Waals surface area contributed by atoms with Gasteiger partial charge in [-0.05, 0) is 31.9 Å². The van der Waals surface area contributed by atoms with Gasteiger partial charge in [-0.25, -0.2) is 8.78 Å². The van der Waals surface area contributed by atoms with Gasteiger partial charge < -0.3 is 15.4 Å². The number of amides is 2. The molecule has 2 amide bonds. The van der Waals surface area contributed by atoms with E-state index in [1.165, 1.54) is 6.07 Å². The first kappa shape index (κ1) is 19.0. The summed E-state index contributed by atoms with van der Waals surface area (Å²) in [6.45, 7) is 0.701. The third-order valence-corrected chi connectivity index (χ3v) is 5.32. The van der Waals surface area contributed by atoms with E-state index in [9.17, 15) is 18.4 Å². The van der Waals surface area contributed by atoms with E-state index >= 15 is 0 Å². The summed E-state index contributed by atoms with van der Waals surface area (Å²) in [6.07, 6.45) is 4.76. The molecule has 4 rings (SSSR count). The minimum Gasteiger partial charge on any atom is -0.359 e. The molecule has 6 nitrogen and oxygen atoms in total. The van der Waals surface area contributed by atoms with E-state index in [0.29, 0.717) is 5.57 Å². The van der Waals surface area contributed by atoms with Crippen LogP contribution in [0.5, 0.6) is 0 Å². The minimum absolute atomic E-state index is 0.00220. The van der Waals surface area contributed by atoms with Crippen LogP contribution in [-0.2, 0) is 20.9 Å². The van der Waals surface area contributed by atoms with E-state index in [-0.39, 0.29) is 48.7 Å². The number of rotatable bonds is 6. The van der Waals surface area contributed by atoms with Crippen molar-refractivity contribution in [1.82, 2.24) is 16.0 Å². The molecular weight excluding hydrogens is 368 g/mol. The van der Waals surface area contributed by atoms with Gasteiger partial charge in [0, 0.05) is 35.7 Å². The van der Waals surface area contributed by atoms with E-state index in [2.05, 4.69) is 16.0 Å². The zero-order valence-electron chi connectivity index (χ0n) is 15.3. The summed E-state index contributed by atoms with van der Waals surface area (Å²) in [4.78, 5) is 24.6.